The van der Waals surface area contributed by atoms with Crippen molar-refractivity contribution in [3.05, 3.63) is 80.9 Å². The first-order chi connectivity index (χ1) is 9.56. The van der Waals surface area contributed by atoms with Crippen LogP contribution in [0, 0.1) is 10.1 Å². The van der Waals surface area contributed by atoms with Crippen LogP contribution in [0.1, 0.15) is 15.9 Å². The van der Waals surface area contributed by atoms with Gasteiger partial charge in [-0.05, 0) is 35.9 Å². The zero-order valence-corrected chi connectivity index (χ0v) is 11.1. The molecule has 0 saturated carbocycles. The van der Waals surface area contributed by atoms with Gasteiger partial charge in [0.25, 0.3) is 5.69 Å². The average Bonchev–Trinajstić information content (AvgIpc) is 2.46. The number of ketones is 1. The number of nitro groups is 1. The molecule has 0 heterocycles. The minimum Gasteiger partial charge on any atom is -0.289 e. The van der Waals surface area contributed by atoms with Crippen molar-refractivity contribution >= 4 is 29.1 Å². The van der Waals surface area contributed by atoms with E-state index in [1.54, 1.807) is 42.5 Å². The molecule has 4 nitrogen and oxygen atoms in total. The van der Waals surface area contributed by atoms with E-state index in [4.69, 9.17) is 11.6 Å². The van der Waals surface area contributed by atoms with Gasteiger partial charge in [-0.15, -0.1) is 0 Å². The number of carbonyl (C=O) groups is 1. The van der Waals surface area contributed by atoms with E-state index < -0.39 is 4.92 Å². The van der Waals surface area contributed by atoms with Gasteiger partial charge in [0.05, 0.1) is 4.92 Å². The third kappa shape index (κ3) is 3.52. The molecular formula is C15H10ClNO3. The summed E-state index contributed by atoms with van der Waals surface area (Å²) >= 11 is 5.74. The number of hydrogen-bond donors (Lipinski definition) is 0. The summed E-state index contributed by atoms with van der Waals surface area (Å²) in [6.07, 6.45) is 2.92. The van der Waals surface area contributed by atoms with E-state index in [1.807, 2.05) is 0 Å². The van der Waals surface area contributed by atoms with Crippen LogP contribution >= 0.6 is 11.6 Å². The summed E-state index contributed by atoms with van der Waals surface area (Å²) in [5.41, 5.74) is 1.10. The van der Waals surface area contributed by atoms with Crippen molar-refractivity contribution in [2.24, 2.45) is 0 Å². The summed E-state index contributed by atoms with van der Waals surface area (Å²) in [6, 6.07) is 12.6. The molecule has 0 radical (unpaired) electrons. The number of non-ortho nitro benzene ring substituents is 1. The Morgan fingerprint density at radius 3 is 2.50 bits per heavy atom. The Balaban J connectivity index is 2.16. The van der Waals surface area contributed by atoms with Crippen molar-refractivity contribution in [3.63, 3.8) is 0 Å². The fourth-order valence-electron chi connectivity index (χ4n) is 1.62. The number of hydrogen-bond acceptors (Lipinski definition) is 3. The largest absolute Gasteiger partial charge is 0.289 e. The number of allylic oxidation sites excluding steroid dienone is 1. The number of benzene rings is 2. The van der Waals surface area contributed by atoms with Crippen molar-refractivity contribution in [2.45, 2.75) is 0 Å². The number of nitro benzene ring substituents is 1. The highest BCUT2D eigenvalue weighted by Gasteiger charge is 2.05. The zero-order valence-electron chi connectivity index (χ0n) is 10.3. The van der Waals surface area contributed by atoms with Crippen LogP contribution in [0.2, 0.25) is 5.02 Å². The molecule has 2 aromatic rings. The van der Waals surface area contributed by atoms with Gasteiger partial charge >= 0.3 is 0 Å². The van der Waals surface area contributed by atoms with Gasteiger partial charge in [0, 0.05) is 22.7 Å². The summed E-state index contributed by atoms with van der Waals surface area (Å²) < 4.78 is 0. The Labute approximate surface area is 120 Å². The predicted octanol–water partition coefficient (Wildman–Crippen LogP) is 4.14. The van der Waals surface area contributed by atoms with E-state index in [1.165, 1.54) is 18.2 Å². The normalized spacial score (nSPS) is 10.7. The van der Waals surface area contributed by atoms with E-state index >= 15 is 0 Å². The molecular weight excluding hydrogens is 278 g/mol. The van der Waals surface area contributed by atoms with Gasteiger partial charge in [-0.3, -0.25) is 14.9 Å². The van der Waals surface area contributed by atoms with Crippen molar-refractivity contribution in [3.8, 4) is 0 Å². The lowest BCUT2D eigenvalue weighted by Crippen LogP contribution is -1.93. The lowest BCUT2D eigenvalue weighted by atomic mass is 10.1. The molecule has 0 aliphatic rings. The molecule has 0 fully saturated rings. The molecule has 0 saturated heterocycles. The minimum atomic E-state index is -0.474. The van der Waals surface area contributed by atoms with E-state index in [-0.39, 0.29) is 11.5 Å². The van der Waals surface area contributed by atoms with Crippen molar-refractivity contribution in [2.75, 3.05) is 0 Å². The molecule has 0 aromatic heterocycles. The van der Waals surface area contributed by atoms with Crippen LogP contribution < -0.4 is 0 Å². The van der Waals surface area contributed by atoms with Crippen LogP contribution in [0.5, 0.6) is 0 Å². The fraction of sp³-hybridized carbons (Fsp3) is 0. The maximum atomic E-state index is 11.9. The lowest BCUT2D eigenvalue weighted by molar-refractivity contribution is -0.384. The monoisotopic (exact) mass is 287 g/mol. The number of rotatable bonds is 4. The van der Waals surface area contributed by atoms with Crippen LogP contribution in [0.15, 0.2) is 54.6 Å². The molecule has 20 heavy (non-hydrogen) atoms. The molecule has 0 N–H and O–H groups in total. The molecule has 0 spiro atoms. The van der Waals surface area contributed by atoms with Gasteiger partial charge in [-0.2, -0.15) is 0 Å². The summed E-state index contributed by atoms with van der Waals surface area (Å²) in [5, 5.41) is 11.2. The van der Waals surface area contributed by atoms with Gasteiger partial charge in [0.1, 0.15) is 0 Å². The second-order valence-corrected chi connectivity index (χ2v) is 4.49. The maximum absolute atomic E-state index is 11.9. The van der Waals surface area contributed by atoms with Gasteiger partial charge in [-0.25, -0.2) is 0 Å². The molecule has 0 aliphatic heterocycles. The van der Waals surface area contributed by atoms with E-state index in [2.05, 4.69) is 0 Å². The third-order valence-corrected chi connectivity index (χ3v) is 2.89. The molecule has 100 valence electrons. The topological polar surface area (TPSA) is 60.2 Å². The van der Waals surface area contributed by atoms with Crippen LogP contribution in [-0.2, 0) is 0 Å². The zero-order chi connectivity index (χ0) is 14.5. The fourth-order valence-corrected chi connectivity index (χ4v) is 1.75. The lowest BCUT2D eigenvalue weighted by Gasteiger charge is -1.96. The minimum absolute atomic E-state index is 0.00825. The molecule has 0 amide bonds. The highest BCUT2D eigenvalue weighted by Crippen LogP contribution is 2.15. The number of nitrogens with zero attached hydrogens (tertiary/aromatic N) is 1. The number of carbonyl (C=O) groups excluding carboxylic acids is 1. The van der Waals surface area contributed by atoms with Crippen molar-refractivity contribution < 1.29 is 9.72 Å². The number of halogens is 1. The molecule has 2 aromatic carbocycles. The van der Waals surface area contributed by atoms with Gasteiger partial charge in [0.15, 0.2) is 5.78 Å². The van der Waals surface area contributed by atoms with E-state index in [0.717, 1.165) is 0 Å². The molecule has 0 atom stereocenters. The standard InChI is InChI=1S/C15H10ClNO3/c16-13-7-5-12(6-8-13)15(18)9-4-11-2-1-3-14(10-11)17(19)20/h1-10H/b9-4+. The van der Waals surface area contributed by atoms with Crippen LogP contribution in [0.4, 0.5) is 5.69 Å². The van der Waals surface area contributed by atoms with Gasteiger partial charge in [-0.1, -0.05) is 29.8 Å². The Morgan fingerprint density at radius 1 is 1.15 bits per heavy atom. The Morgan fingerprint density at radius 2 is 1.85 bits per heavy atom. The molecule has 5 heteroatoms. The van der Waals surface area contributed by atoms with Crippen molar-refractivity contribution in [1.29, 1.82) is 0 Å². The van der Waals surface area contributed by atoms with E-state index in [0.29, 0.717) is 16.1 Å². The van der Waals surface area contributed by atoms with Gasteiger partial charge < -0.3 is 0 Å². The summed E-state index contributed by atoms with van der Waals surface area (Å²) in [5.74, 6) is -0.187. The maximum Gasteiger partial charge on any atom is 0.270 e. The molecule has 2 rings (SSSR count). The summed E-state index contributed by atoms with van der Waals surface area (Å²) in [6.45, 7) is 0. The van der Waals surface area contributed by atoms with Crippen molar-refractivity contribution in [1.82, 2.24) is 0 Å². The SMILES string of the molecule is O=C(/C=C/c1cccc([N+](=O)[O-])c1)c1ccc(Cl)cc1. The van der Waals surface area contributed by atoms with E-state index in [9.17, 15) is 14.9 Å². The molecule has 0 bridgehead atoms. The Kier molecular flexibility index (Phi) is 4.27. The van der Waals surface area contributed by atoms with Gasteiger partial charge in [0.2, 0.25) is 0 Å². The van der Waals surface area contributed by atoms with Crippen LogP contribution in [-0.4, -0.2) is 10.7 Å². The van der Waals surface area contributed by atoms with Crippen LogP contribution in [0.3, 0.4) is 0 Å². The smallest absolute Gasteiger partial charge is 0.270 e. The second kappa shape index (κ2) is 6.12. The first-order valence-corrected chi connectivity index (χ1v) is 6.16. The highest BCUT2D eigenvalue weighted by molar-refractivity contribution is 6.30. The Bertz CT molecular complexity index is 678. The summed E-state index contributed by atoms with van der Waals surface area (Å²) in [4.78, 5) is 22.1. The average molecular weight is 288 g/mol. The van der Waals surface area contributed by atoms with Crippen LogP contribution in [0.25, 0.3) is 6.08 Å². The Hall–Kier alpha value is -2.46. The quantitative estimate of drug-likeness (QED) is 0.367. The predicted molar refractivity (Wildman–Crippen MR) is 77.9 cm³/mol. The highest BCUT2D eigenvalue weighted by atomic mass is 35.5. The first-order valence-electron chi connectivity index (χ1n) is 5.79. The molecule has 0 aliphatic carbocycles. The summed E-state index contributed by atoms with van der Waals surface area (Å²) in [7, 11) is 0. The first kappa shape index (κ1) is 14.0. The second-order valence-electron chi connectivity index (χ2n) is 4.06. The third-order valence-electron chi connectivity index (χ3n) is 2.64. The molecule has 0 unspecified atom stereocenters.